The number of carbonyl (C=O) groups is 3. The van der Waals surface area contributed by atoms with Crippen molar-refractivity contribution < 1.29 is 14.4 Å². The third kappa shape index (κ3) is 1.98. The summed E-state index contributed by atoms with van der Waals surface area (Å²) in [6.07, 6.45) is 2.12. The number of barbiturate groups is 1. The summed E-state index contributed by atoms with van der Waals surface area (Å²) >= 11 is 0. The molecule has 0 aromatic carbocycles. The number of nitrogens with zero attached hydrogens (tertiary/aromatic N) is 1. The highest BCUT2D eigenvalue weighted by Gasteiger charge is 2.48. The largest absolute Gasteiger partial charge is 0.330 e. The smallest absolute Gasteiger partial charge is 0.277 e. The van der Waals surface area contributed by atoms with Crippen LogP contribution < -0.4 is 5.32 Å². The topological polar surface area (TPSA) is 66.5 Å². The maximum atomic E-state index is 11.9. The van der Waals surface area contributed by atoms with Crippen molar-refractivity contribution in [3.8, 4) is 0 Å². The number of allylic oxidation sites excluding steroid dienone is 2. The van der Waals surface area contributed by atoms with Gasteiger partial charge in [-0.15, -0.1) is 0 Å². The van der Waals surface area contributed by atoms with Crippen molar-refractivity contribution in [1.82, 2.24) is 10.2 Å². The highest BCUT2D eigenvalue weighted by atomic mass is 16.2. The molecule has 1 saturated heterocycles. The van der Waals surface area contributed by atoms with Crippen LogP contribution in [0.1, 0.15) is 27.2 Å². The first-order valence-electron chi connectivity index (χ1n) is 5.06. The molecule has 5 nitrogen and oxygen atoms in total. The summed E-state index contributed by atoms with van der Waals surface area (Å²) in [6.45, 7) is 5.33. The van der Waals surface area contributed by atoms with Gasteiger partial charge in [0.05, 0.1) is 0 Å². The predicted molar refractivity (Wildman–Crippen MR) is 58.5 cm³/mol. The van der Waals surface area contributed by atoms with Gasteiger partial charge >= 0.3 is 6.03 Å². The second kappa shape index (κ2) is 4.08. The van der Waals surface area contributed by atoms with E-state index in [1.807, 2.05) is 19.9 Å². The van der Waals surface area contributed by atoms with Crippen molar-refractivity contribution in [3.63, 3.8) is 0 Å². The van der Waals surface area contributed by atoms with E-state index < -0.39 is 23.3 Å². The van der Waals surface area contributed by atoms with E-state index in [4.69, 9.17) is 0 Å². The van der Waals surface area contributed by atoms with Gasteiger partial charge in [0, 0.05) is 7.05 Å². The molecule has 1 unspecified atom stereocenters. The molecule has 0 saturated carbocycles. The van der Waals surface area contributed by atoms with Gasteiger partial charge in [-0.05, 0) is 27.2 Å². The Balaban J connectivity index is 3.01. The van der Waals surface area contributed by atoms with Crippen molar-refractivity contribution >= 4 is 17.8 Å². The number of amides is 4. The maximum Gasteiger partial charge on any atom is 0.330 e. The molecule has 88 valence electrons. The van der Waals surface area contributed by atoms with Gasteiger partial charge in [-0.1, -0.05) is 11.6 Å². The van der Waals surface area contributed by atoms with Gasteiger partial charge in [-0.2, -0.15) is 0 Å². The second-order valence-electron chi connectivity index (χ2n) is 4.44. The highest BCUT2D eigenvalue weighted by Crippen LogP contribution is 2.28. The summed E-state index contributed by atoms with van der Waals surface area (Å²) < 4.78 is 0. The fourth-order valence-corrected chi connectivity index (χ4v) is 1.47. The molecule has 5 heteroatoms. The number of urea groups is 1. The quantitative estimate of drug-likeness (QED) is 0.563. The van der Waals surface area contributed by atoms with Crippen molar-refractivity contribution in [1.29, 1.82) is 0 Å². The van der Waals surface area contributed by atoms with E-state index in [0.29, 0.717) is 6.42 Å². The van der Waals surface area contributed by atoms with Crippen LogP contribution in [0.2, 0.25) is 0 Å². The van der Waals surface area contributed by atoms with Crippen LogP contribution in [0.15, 0.2) is 11.6 Å². The van der Waals surface area contributed by atoms with Crippen LogP contribution in [0.4, 0.5) is 4.79 Å². The molecule has 1 rings (SSSR count). The van der Waals surface area contributed by atoms with Gasteiger partial charge in [0.1, 0.15) is 5.41 Å². The fraction of sp³-hybridized carbons (Fsp3) is 0.545. The fourth-order valence-electron chi connectivity index (χ4n) is 1.47. The van der Waals surface area contributed by atoms with Gasteiger partial charge in [-0.3, -0.25) is 19.8 Å². The summed E-state index contributed by atoms with van der Waals surface area (Å²) in [5.41, 5.74) is -0.152. The van der Waals surface area contributed by atoms with Crippen molar-refractivity contribution in [2.75, 3.05) is 7.05 Å². The average Bonchev–Trinajstić information content (AvgIpc) is 2.21. The number of hydrogen-bond donors (Lipinski definition) is 1. The first kappa shape index (κ1) is 12.4. The lowest BCUT2D eigenvalue weighted by atomic mass is 9.82. The molecule has 1 aliphatic rings. The molecule has 0 radical (unpaired) electrons. The van der Waals surface area contributed by atoms with Crippen LogP contribution >= 0.6 is 0 Å². The van der Waals surface area contributed by atoms with E-state index in [2.05, 4.69) is 5.32 Å². The Morgan fingerprint density at radius 3 is 2.44 bits per heavy atom. The third-order valence-electron chi connectivity index (χ3n) is 2.72. The average molecular weight is 224 g/mol. The normalized spacial score (nSPS) is 25.5. The van der Waals surface area contributed by atoms with E-state index in [0.717, 1.165) is 10.5 Å². The molecule has 1 atom stereocenters. The first-order chi connectivity index (χ1) is 7.29. The summed E-state index contributed by atoms with van der Waals surface area (Å²) in [4.78, 5) is 35.7. The lowest BCUT2D eigenvalue weighted by Crippen LogP contribution is -2.61. The second-order valence-corrected chi connectivity index (χ2v) is 4.44. The zero-order chi connectivity index (χ0) is 12.5. The minimum Gasteiger partial charge on any atom is -0.277 e. The molecule has 1 fully saturated rings. The number of imide groups is 2. The van der Waals surface area contributed by atoms with Gasteiger partial charge in [-0.25, -0.2) is 4.79 Å². The number of carbonyl (C=O) groups excluding carboxylic acids is 3. The summed E-state index contributed by atoms with van der Waals surface area (Å²) in [5.74, 6) is -0.989. The monoisotopic (exact) mass is 224 g/mol. The van der Waals surface area contributed by atoms with Crippen LogP contribution in [0.25, 0.3) is 0 Å². The molecule has 16 heavy (non-hydrogen) atoms. The minimum absolute atomic E-state index is 0.303. The third-order valence-corrected chi connectivity index (χ3v) is 2.72. The van der Waals surface area contributed by atoms with Crippen LogP contribution in [0, 0.1) is 5.41 Å². The lowest BCUT2D eigenvalue weighted by Gasteiger charge is -2.34. The summed E-state index contributed by atoms with van der Waals surface area (Å²) in [7, 11) is 1.37. The van der Waals surface area contributed by atoms with E-state index in [9.17, 15) is 14.4 Å². The van der Waals surface area contributed by atoms with Crippen molar-refractivity contribution in [3.05, 3.63) is 11.6 Å². The zero-order valence-corrected chi connectivity index (χ0v) is 9.96. The minimum atomic E-state index is -1.18. The van der Waals surface area contributed by atoms with Gasteiger partial charge < -0.3 is 0 Å². The van der Waals surface area contributed by atoms with E-state index in [-0.39, 0.29) is 0 Å². The molecule has 1 heterocycles. The van der Waals surface area contributed by atoms with Gasteiger partial charge in [0.25, 0.3) is 0 Å². The van der Waals surface area contributed by atoms with Crippen LogP contribution in [-0.2, 0) is 9.59 Å². The SMILES string of the molecule is CC(C)=CCC1(C)C(=O)NC(=O)N(C)C1=O. The number of rotatable bonds is 2. The molecular weight excluding hydrogens is 208 g/mol. The van der Waals surface area contributed by atoms with E-state index >= 15 is 0 Å². The van der Waals surface area contributed by atoms with E-state index in [1.54, 1.807) is 6.92 Å². The Labute approximate surface area is 94.5 Å². The predicted octanol–water partition coefficient (Wildman–Crippen LogP) is 1.06. The van der Waals surface area contributed by atoms with Gasteiger partial charge in [0.2, 0.25) is 11.8 Å². The summed E-state index contributed by atoms with van der Waals surface area (Å²) in [5, 5.41) is 2.17. The molecule has 1 aliphatic heterocycles. The number of nitrogens with one attached hydrogen (secondary N) is 1. The molecule has 0 spiro atoms. The van der Waals surface area contributed by atoms with Crippen LogP contribution in [-0.4, -0.2) is 29.8 Å². The Bertz CT molecular complexity index is 383. The van der Waals surface area contributed by atoms with Crippen LogP contribution in [0.3, 0.4) is 0 Å². The number of hydrogen-bond acceptors (Lipinski definition) is 3. The lowest BCUT2D eigenvalue weighted by molar-refractivity contribution is -0.149. The molecule has 0 aromatic rings. The molecule has 0 aromatic heterocycles. The standard InChI is InChI=1S/C11H16N2O3/c1-7(2)5-6-11(3)8(14)12-10(16)13(4)9(11)15/h5H,6H2,1-4H3,(H,12,14,16). The molecular formula is C11H16N2O3. The van der Waals surface area contributed by atoms with E-state index in [1.165, 1.54) is 7.05 Å². The first-order valence-corrected chi connectivity index (χ1v) is 5.06. The Hall–Kier alpha value is -1.65. The molecule has 0 aliphatic carbocycles. The Kier molecular flexibility index (Phi) is 3.16. The summed E-state index contributed by atoms with van der Waals surface area (Å²) in [6, 6.07) is -0.662. The molecule has 4 amide bonds. The molecule has 1 N–H and O–H groups in total. The highest BCUT2D eigenvalue weighted by molar-refractivity contribution is 6.18. The van der Waals surface area contributed by atoms with Crippen molar-refractivity contribution in [2.45, 2.75) is 27.2 Å². The molecule has 0 bridgehead atoms. The van der Waals surface area contributed by atoms with Crippen LogP contribution in [0.5, 0.6) is 0 Å². The van der Waals surface area contributed by atoms with Crippen molar-refractivity contribution in [2.24, 2.45) is 5.41 Å². The Morgan fingerprint density at radius 1 is 1.38 bits per heavy atom. The Morgan fingerprint density at radius 2 is 1.94 bits per heavy atom. The van der Waals surface area contributed by atoms with Gasteiger partial charge in [0.15, 0.2) is 0 Å². The zero-order valence-electron chi connectivity index (χ0n) is 9.96. The maximum absolute atomic E-state index is 11.9.